The van der Waals surface area contributed by atoms with Gasteiger partial charge in [-0.15, -0.1) is 0 Å². The third-order valence-corrected chi connectivity index (χ3v) is 2.57. The minimum atomic E-state index is -1.08. The quantitative estimate of drug-likeness (QED) is 0.830. The lowest BCUT2D eigenvalue weighted by molar-refractivity contribution is -0.137. The van der Waals surface area contributed by atoms with Crippen LogP contribution in [0, 0.1) is 5.82 Å². The molecular formula is C11H12FNO4. The second kappa shape index (κ2) is 4.68. The zero-order valence-electron chi connectivity index (χ0n) is 8.98. The van der Waals surface area contributed by atoms with Gasteiger partial charge in [-0.3, -0.25) is 4.79 Å². The molecule has 17 heavy (non-hydrogen) atoms. The molecule has 0 fully saturated rings. The maximum atomic E-state index is 13.7. The lowest BCUT2D eigenvalue weighted by Gasteiger charge is -2.23. The number of hydrogen-bond donors (Lipinski definition) is 2. The summed E-state index contributed by atoms with van der Waals surface area (Å²) in [6.07, 6.45) is -0.340. The average molecular weight is 241 g/mol. The topological polar surface area (TPSA) is 81.8 Å². The first-order chi connectivity index (χ1) is 8.09. The number of carbonyl (C=O) groups is 1. The van der Waals surface area contributed by atoms with E-state index in [0.717, 1.165) is 0 Å². The number of halogens is 1. The first-order valence-corrected chi connectivity index (χ1v) is 5.08. The van der Waals surface area contributed by atoms with Gasteiger partial charge in [-0.1, -0.05) is 0 Å². The van der Waals surface area contributed by atoms with Crippen LogP contribution in [0.4, 0.5) is 4.39 Å². The fraction of sp³-hybridized carbons (Fsp3) is 0.364. The van der Waals surface area contributed by atoms with Crippen molar-refractivity contribution in [2.45, 2.75) is 19.1 Å². The van der Waals surface area contributed by atoms with E-state index in [0.29, 0.717) is 11.3 Å². The second-order valence-electron chi connectivity index (χ2n) is 3.75. The fourth-order valence-corrected chi connectivity index (χ4v) is 1.84. The normalized spacial score (nSPS) is 15.9. The molecule has 1 aliphatic heterocycles. The van der Waals surface area contributed by atoms with Crippen molar-refractivity contribution in [3.63, 3.8) is 0 Å². The Hall–Kier alpha value is -1.66. The smallest absolute Gasteiger partial charge is 0.305 e. The minimum absolute atomic E-state index is 0.103. The Labute approximate surface area is 96.9 Å². The Morgan fingerprint density at radius 3 is 3.06 bits per heavy atom. The molecule has 0 aromatic heterocycles. The summed E-state index contributed by atoms with van der Waals surface area (Å²) in [4.78, 5) is 10.6. The number of benzene rings is 1. The Balaban J connectivity index is 2.40. The first-order valence-electron chi connectivity index (χ1n) is 5.08. The van der Waals surface area contributed by atoms with Crippen LogP contribution in [0.25, 0.3) is 0 Å². The molecule has 1 atom stereocenters. The number of carboxylic acids is 1. The predicted octanol–water partition coefficient (Wildman–Crippen LogP) is 1.17. The van der Waals surface area contributed by atoms with Crippen molar-refractivity contribution in [2.24, 2.45) is 5.73 Å². The van der Waals surface area contributed by atoms with Gasteiger partial charge in [0, 0.05) is 17.2 Å². The van der Waals surface area contributed by atoms with E-state index in [4.69, 9.17) is 20.3 Å². The van der Waals surface area contributed by atoms with E-state index in [1.54, 1.807) is 0 Å². The highest BCUT2D eigenvalue weighted by Gasteiger charge is 2.24. The maximum Gasteiger partial charge on any atom is 0.305 e. The lowest BCUT2D eigenvalue weighted by atomic mass is 9.97. The van der Waals surface area contributed by atoms with Crippen LogP contribution in [0.15, 0.2) is 12.1 Å². The van der Waals surface area contributed by atoms with Gasteiger partial charge in [0.15, 0.2) is 6.79 Å². The van der Waals surface area contributed by atoms with Gasteiger partial charge in [0.25, 0.3) is 0 Å². The molecule has 0 bridgehead atoms. The summed E-state index contributed by atoms with van der Waals surface area (Å²) < 4.78 is 23.9. The molecule has 1 aliphatic rings. The van der Waals surface area contributed by atoms with Gasteiger partial charge in [0.05, 0.1) is 13.0 Å². The molecule has 1 unspecified atom stereocenters. The van der Waals surface area contributed by atoms with Crippen LogP contribution in [0.3, 0.4) is 0 Å². The van der Waals surface area contributed by atoms with Gasteiger partial charge in [0.1, 0.15) is 11.6 Å². The molecule has 1 heterocycles. The molecule has 0 aliphatic carbocycles. The number of hydrogen-bond acceptors (Lipinski definition) is 4. The molecule has 2 rings (SSSR count). The van der Waals surface area contributed by atoms with Crippen LogP contribution in [-0.2, 0) is 16.1 Å². The summed E-state index contributed by atoms with van der Waals surface area (Å²) in [6.45, 7) is 0.280. The Kier molecular flexibility index (Phi) is 3.26. The summed E-state index contributed by atoms with van der Waals surface area (Å²) in [5.41, 5.74) is 6.34. The zero-order chi connectivity index (χ0) is 12.4. The van der Waals surface area contributed by atoms with Crippen molar-refractivity contribution >= 4 is 5.97 Å². The van der Waals surface area contributed by atoms with Crippen LogP contribution in [0.2, 0.25) is 0 Å². The summed E-state index contributed by atoms with van der Waals surface area (Å²) in [5.74, 6) is -1.12. The van der Waals surface area contributed by atoms with E-state index in [2.05, 4.69) is 0 Å². The summed E-state index contributed by atoms with van der Waals surface area (Å²) in [6, 6.07) is 1.80. The van der Waals surface area contributed by atoms with E-state index >= 15 is 0 Å². The van der Waals surface area contributed by atoms with Gasteiger partial charge in [-0.2, -0.15) is 0 Å². The van der Waals surface area contributed by atoms with Crippen molar-refractivity contribution in [1.82, 2.24) is 0 Å². The van der Waals surface area contributed by atoms with Gasteiger partial charge in [-0.05, 0) is 12.1 Å². The summed E-state index contributed by atoms with van der Waals surface area (Å²) in [7, 11) is 0. The molecule has 0 saturated heterocycles. The van der Waals surface area contributed by atoms with Gasteiger partial charge >= 0.3 is 5.97 Å². The third-order valence-electron chi connectivity index (χ3n) is 2.57. The number of aliphatic carboxylic acids is 1. The maximum absolute atomic E-state index is 13.7. The molecule has 0 spiro atoms. The number of nitrogens with two attached hydrogens (primary N) is 1. The largest absolute Gasteiger partial charge is 0.481 e. The van der Waals surface area contributed by atoms with Crippen LogP contribution in [0.1, 0.15) is 23.6 Å². The Morgan fingerprint density at radius 1 is 1.59 bits per heavy atom. The Bertz CT molecular complexity index is 449. The highest BCUT2D eigenvalue weighted by atomic mass is 19.1. The van der Waals surface area contributed by atoms with Gasteiger partial charge in [0.2, 0.25) is 0 Å². The molecule has 1 aromatic rings. The Morgan fingerprint density at radius 2 is 2.35 bits per heavy atom. The van der Waals surface area contributed by atoms with Crippen LogP contribution in [-0.4, -0.2) is 17.9 Å². The summed E-state index contributed by atoms with van der Waals surface area (Å²) >= 11 is 0. The standard InChI is InChI=1S/C11H12FNO4/c12-7-1-2-9-6(4-16-5-17-9)11(7)8(13)3-10(14)15/h1-2,8H,3-5,13H2,(H,14,15). The molecule has 3 N–H and O–H groups in total. The highest BCUT2D eigenvalue weighted by molar-refractivity contribution is 5.68. The third kappa shape index (κ3) is 2.37. The van der Waals surface area contributed by atoms with E-state index < -0.39 is 17.8 Å². The molecule has 1 aromatic carbocycles. The van der Waals surface area contributed by atoms with E-state index in [1.165, 1.54) is 12.1 Å². The van der Waals surface area contributed by atoms with Crippen LogP contribution in [0.5, 0.6) is 5.75 Å². The molecule has 0 radical (unpaired) electrons. The van der Waals surface area contributed by atoms with Crippen molar-refractivity contribution in [2.75, 3.05) is 6.79 Å². The van der Waals surface area contributed by atoms with Gasteiger partial charge < -0.3 is 20.3 Å². The van der Waals surface area contributed by atoms with Crippen molar-refractivity contribution in [1.29, 1.82) is 0 Å². The van der Waals surface area contributed by atoms with Crippen LogP contribution < -0.4 is 10.5 Å². The molecule has 5 nitrogen and oxygen atoms in total. The zero-order valence-corrected chi connectivity index (χ0v) is 8.98. The molecule has 6 heteroatoms. The number of rotatable bonds is 3. The molecule has 0 saturated carbocycles. The number of ether oxygens (including phenoxy) is 2. The van der Waals surface area contributed by atoms with Crippen molar-refractivity contribution in [3.8, 4) is 5.75 Å². The molecular weight excluding hydrogens is 229 g/mol. The summed E-state index contributed by atoms with van der Waals surface area (Å²) in [5, 5.41) is 8.68. The second-order valence-corrected chi connectivity index (χ2v) is 3.75. The number of carboxylic acid groups (broad SMARTS) is 1. The van der Waals surface area contributed by atoms with E-state index in [-0.39, 0.29) is 25.4 Å². The minimum Gasteiger partial charge on any atom is -0.481 e. The van der Waals surface area contributed by atoms with E-state index in [9.17, 15) is 9.18 Å². The highest BCUT2D eigenvalue weighted by Crippen LogP contribution is 2.32. The predicted molar refractivity (Wildman–Crippen MR) is 55.9 cm³/mol. The van der Waals surface area contributed by atoms with E-state index in [1.807, 2.05) is 0 Å². The van der Waals surface area contributed by atoms with Crippen molar-refractivity contribution in [3.05, 3.63) is 29.1 Å². The van der Waals surface area contributed by atoms with Crippen molar-refractivity contribution < 1.29 is 23.8 Å². The SMILES string of the molecule is NC(CC(=O)O)c1c(F)ccc2c1COCO2. The van der Waals surface area contributed by atoms with Gasteiger partial charge in [-0.25, -0.2) is 4.39 Å². The monoisotopic (exact) mass is 241 g/mol. The first kappa shape index (κ1) is 11.8. The fourth-order valence-electron chi connectivity index (χ4n) is 1.84. The average Bonchev–Trinajstić information content (AvgIpc) is 2.27. The molecule has 92 valence electrons. The van der Waals surface area contributed by atoms with Crippen LogP contribution >= 0.6 is 0 Å². The number of fused-ring (bicyclic) bond motifs is 1. The molecule has 0 amide bonds. The lowest BCUT2D eigenvalue weighted by Crippen LogP contribution is -2.21.